The lowest BCUT2D eigenvalue weighted by Crippen LogP contribution is -1.63. The molecule has 0 fully saturated rings. The maximum absolute atomic E-state index is 3.63. The standard InChI is InChI=1S/C8H8.C5H8.BrH/c1-2-8-6-4-3-5-7-8;1-4-5(2)3;/h2-7H,1H2;4H,1-2H2,3H3;1H. The smallest absolute Gasteiger partial charge is 0.0263 e. The Labute approximate surface area is 97.4 Å². The number of hydrogen-bond donors (Lipinski definition) is 0. The highest BCUT2D eigenvalue weighted by Crippen LogP contribution is 1.97. The molecule has 14 heavy (non-hydrogen) atoms. The number of halogens is 1. The van der Waals surface area contributed by atoms with Gasteiger partial charge in [-0.2, -0.15) is 0 Å². The van der Waals surface area contributed by atoms with E-state index >= 15 is 0 Å². The van der Waals surface area contributed by atoms with E-state index < -0.39 is 0 Å². The van der Waals surface area contributed by atoms with Crippen molar-refractivity contribution in [2.24, 2.45) is 0 Å². The monoisotopic (exact) mass is 252 g/mol. The summed E-state index contributed by atoms with van der Waals surface area (Å²) in [5, 5.41) is 0. The normalized spacial score (nSPS) is 7.21. The van der Waals surface area contributed by atoms with E-state index in [1.54, 1.807) is 6.08 Å². The second-order valence-corrected chi connectivity index (χ2v) is 2.67. The average molecular weight is 253 g/mol. The summed E-state index contributed by atoms with van der Waals surface area (Å²) in [5.41, 5.74) is 2.19. The van der Waals surface area contributed by atoms with Gasteiger partial charge in [-0.05, 0) is 12.5 Å². The third-order valence-electron chi connectivity index (χ3n) is 1.38. The lowest BCUT2D eigenvalue weighted by Gasteiger charge is -1.85. The highest BCUT2D eigenvalue weighted by Gasteiger charge is 1.75. The zero-order chi connectivity index (χ0) is 10.1. The average Bonchev–Trinajstić information content (AvgIpc) is 2.20. The molecule has 0 heterocycles. The van der Waals surface area contributed by atoms with Gasteiger partial charge in [0.1, 0.15) is 0 Å². The summed E-state index contributed by atoms with van der Waals surface area (Å²) in [7, 11) is 0. The van der Waals surface area contributed by atoms with Gasteiger partial charge >= 0.3 is 0 Å². The Morgan fingerprint density at radius 3 is 1.79 bits per heavy atom. The Hall–Kier alpha value is -1.08. The van der Waals surface area contributed by atoms with Crippen LogP contribution in [0.2, 0.25) is 0 Å². The molecule has 0 aromatic heterocycles. The van der Waals surface area contributed by atoms with Crippen LogP contribution in [0.15, 0.2) is 61.7 Å². The van der Waals surface area contributed by atoms with E-state index in [1.807, 2.05) is 43.3 Å². The second-order valence-electron chi connectivity index (χ2n) is 2.67. The fourth-order valence-corrected chi connectivity index (χ4v) is 0.589. The van der Waals surface area contributed by atoms with Gasteiger partial charge in [0.05, 0.1) is 0 Å². The van der Waals surface area contributed by atoms with E-state index in [2.05, 4.69) is 19.7 Å². The molecule has 0 radical (unpaired) electrons. The van der Waals surface area contributed by atoms with Gasteiger partial charge in [-0.25, -0.2) is 0 Å². The molecular formula is C13H17Br. The third-order valence-corrected chi connectivity index (χ3v) is 1.38. The zero-order valence-electron chi connectivity index (χ0n) is 8.57. The summed E-state index contributed by atoms with van der Waals surface area (Å²) in [6.45, 7) is 12.6. The zero-order valence-corrected chi connectivity index (χ0v) is 10.3. The first-order valence-corrected chi connectivity index (χ1v) is 4.16. The van der Waals surface area contributed by atoms with Crippen LogP contribution in [0.5, 0.6) is 0 Å². The second kappa shape index (κ2) is 10.0. The molecule has 0 unspecified atom stereocenters. The van der Waals surface area contributed by atoms with Crippen LogP contribution >= 0.6 is 17.0 Å². The van der Waals surface area contributed by atoms with Gasteiger partial charge in [0.15, 0.2) is 0 Å². The fraction of sp³-hybridized carbons (Fsp3) is 0.0769. The molecule has 0 spiro atoms. The van der Waals surface area contributed by atoms with Crippen molar-refractivity contribution in [2.45, 2.75) is 6.92 Å². The van der Waals surface area contributed by atoms with E-state index in [0.717, 1.165) is 5.57 Å². The first kappa shape index (κ1) is 15.4. The quantitative estimate of drug-likeness (QED) is 0.672. The molecule has 0 saturated carbocycles. The molecule has 0 bridgehead atoms. The van der Waals surface area contributed by atoms with Crippen LogP contribution in [0.3, 0.4) is 0 Å². The largest absolute Gasteiger partial charge is 0.114 e. The van der Waals surface area contributed by atoms with Crippen molar-refractivity contribution < 1.29 is 0 Å². The van der Waals surface area contributed by atoms with E-state index in [9.17, 15) is 0 Å². The van der Waals surface area contributed by atoms with Crippen molar-refractivity contribution in [1.29, 1.82) is 0 Å². The first-order valence-electron chi connectivity index (χ1n) is 4.16. The molecule has 76 valence electrons. The molecule has 0 saturated heterocycles. The fourth-order valence-electron chi connectivity index (χ4n) is 0.589. The Bertz CT molecular complexity index is 273. The van der Waals surface area contributed by atoms with Gasteiger partial charge in [-0.15, -0.1) is 17.0 Å². The molecule has 0 aliphatic heterocycles. The summed E-state index contributed by atoms with van der Waals surface area (Å²) in [6.07, 6.45) is 3.56. The van der Waals surface area contributed by atoms with Gasteiger partial charge in [0, 0.05) is 0 Å². The predicted molar refractivity (Wildman–Crippen MR) is 71.9 cm³/mol. The molecule has 1 aromatic carbocycles. The van der Waals surface area contributed by atoms with Gasteiger partial charge < -0.3 is 0 Å². The number of hydrogen-bond acceptors (Lipinski definition) is 0. The van der Waals surface area contributed by atoms with Gasteiger partial charge in [0.2, 0.25) is 0 Å². The van der Waals surface area contributed by atoms with E-state index in [1.165, 1.54) is 5.56 Å². The van der Waals surface area contributed by atoms with Crippen LogP contribution in [0.4, 0.5) is 0 Å². The first-order chi connectivity index (χ1) is 6.20. The van der Waals surface area contributed by atoms with Crippen molar-refractivity contribution in [1.82, 2.24) is 0 Å². The molecule has 0 atom stereocenters. The molecule has 1 rings (SSSR count). The molecule has 0 nitrogen and oxygen atoms in total. The van der Waals surface area contributed by atoms with Crippen molar-refractivity contribution in [2.75, 3.05) is 0 Å². The number of benzene rings is 1. The third kappa shape index (κ3) is 9.01. The van der Waals surface area contributed by atoms with Crippen molar-refractivity contribution in [3.63, 3.8) is 0 Å². The lowest BCUT2D eigenvalue weighted by atomic mass is 10.2. The Morgan fingerprint density at radius 1 is 1.14 bits per heavy atom. The van der Waals surface area contributed by atoms with Crippen LogP contribution < -0.4 is 0 Å². The molecule has 1 aromatic rings. The van der Waals surface area contributed by atoms with Crippen LogP contribution in [-0.2, 0) is 0 Å². The minimum Gasteiger partial charge on any atom is -0.114 e. The molecule has 1 heteroatoms. The minimum atomic E-state index is 0. The maximum atomic E-state index is 3.63. The summed E-state index contributed by atoms with van der Waals surface area (Å²) < 4.78 is 0. The highest BCUT2D eigenvalue weighted by molar-refractivity contribution is 8.93. The predicted octanol–water partition coefficient (Wildman–Crippen LogP) is 4.66. The van der Waals surface area contributed by atoms with Gasteiger partial charge in [-0.1, -0.05) is 67.8 Å². The maximum Gasteiger partial charge on any atom is -0.0263 e. The Balaban J connectivity index is 0. The molecule has 0 aliphatic carbocycles. The van der Waals surface area contributed by atoms with Crippen LogP contribution in [0.25, 0.3) is 6.08 Å². The Kier molecular flexibility index (Phi) is 11.0. The summed E-state index contributed by atoms with van der Waals surface area (Å²) in [6, 6.07) is 10.0. The van der Waals surface area contributed by atoms with Gasteiger partial charge in [-0.3, -0.25) is 0 Å². The summed E-state index contributed by atoms with van der Waals surface area (Å²) >= 11 is 0. The van der Waals surface area contributed by atoms with Gasteiger partial charge in [0.25, 0.3) is 0 Å². The number of allylic oxidation sites excluding steroid dienone is 2. The molecular weight excluding hydrogens is 236 g/mol. The molecule has 0 amide bonds. The lowest BCUT2D eigenvalue weighted by molar-refractivity contribution is 1.58. The van der Waals surface area contributed by atoms with E-state index in [4.69, 9.17) is 0 Å². The molecule has 0 N–H and O–H groups in total. The summed E-state index contributed by atoms with van der Waals surface area (Å²) in [5.74, 6) is 0. The summed E-state index contributed by atoms with van der Waals surface area (Å²) in [4.78, 5) is 0. The SMILES string of the molecule is Br.C=CC(=C)C.C=Cc1ccccc1. The minimum absolute atomic E-state index is 0. The topological polar surface area (TPSA) is 0 Å². The van der Waals surface area contributed by atoms with E-state index in [0.29, 0.717) is 0 Å². The van der Waals surface area contributed by atoms with Crippen LogP contribution in [0.1, 0.15) is 12.5 Å². The highest BCUT2D eigenvalue weighted by atomic mass is 79.9. The van der Waals surface area contributed by atoms with E-state index in [-0.39, 0.29) is 17.0 Å². The number of rotatable bonds is 2. The van der Waals surface area contributed by atoms with Crippen molar-refractivity contribution in [3.8, 4) is 0 Å². The van der Waals surface area contributed by atoms with Crippen molar-refractivity contribution in [3.05, 3.63) is 67.3 Å². The van der Waals surface area contributed by atoms with Crippen molar-refractivity contribution >= 4 is 23.1 Å². The molecule has 0 aliphatic rings. The van der Waals surface area contributed by atoms with Crippen LogP contribution in [-0.4, -0.2) is 0 Å². The van der Waals surface area contributed by atoms with Crippen LogP contribution in [0, 0.1) is 0 Å². The Morgan fingerprint density at radius 2 is 1.57 bits per heavy atom.